The molecule has 2 heterocycles. The first-order chi connectivity index (χ1) is 14.0. The van der Waals surface area contributed by atoms with Gasteiger partial charge in [0.2, 0.25) is 11.8 Å². The van der Waals surface area contributed by atoms with Crippen molar-refractivity contribution >= 4 is 5.97 Å². The van der Waals surface area contributed by atoms with Crippen LogP contribution in [-0.4, -0.2) is 57.0 Å². The molecule has 2 rings (SSSR count). The SMILES string of the molecule is CC(C)(COc1[nH]ncc1C(=O)O)C(F)(F)F.CC(C)(COc1ccn[nH]1)C(F)(F)F. The van der Waals surface area contributed by atoms with Gasteiger partial charge in [-0.2, -0.15) is 36.5 Å². The first-order valence-corrected chi connectivity index (χ1v) is 8.63. The highest BCUT2D eigenvalue weighted by atomic mass is 19.4. The van der Waals surface area contributed by atoms with E-state index in [-0.39, 0.29) is 17.3 Å². The number of halogens is 6. The van der Waals surface area contributed by atoms with Crippen molar-refractivity contribution in [3.63, 3.8) is 0 Å². The molecule has 2 aromatic rings. The van der Waals surface area contributed by atoms with Crippen LogP contribution in [-0.2, 0) is 0 Å². The first-order valence-electron chi connectivity index (χ1n) is 8.63. The van der Waals surface area contributed by atoms with Crippen LogP contribution in [0, 0.1) is 10.8 Å². The van der Waals surface area contributed by atoms with E-state index < -0.39 is 42.4 Å². The Bertz CT molecular complexity index is 829. The zero-order valence-electron chi connectivity index (χ0n) is 17.0. The van der Waals surface area contributed by atoms with E-state index in [4.69, 9.17) is 14.6 Å². The van der Waals surface area contributed by atoms with Gasteiger partial charge >= 0.3 is 18.3 Å². The van der Waals surface area contributed by atoms with Crippen LogP contribution >= 0.6 is 0 Å². The van der Waals surface area contributed by atoms with E-state index in [2.05, 4.69) is 20.4 Å². The number of carbonyl (C=O) groups is 1. The summed E-state index contributed by atoms with van der Waals surface area (Å²) in [6, 6.07) is 1.46. The summed E-state index contributed by atoms with van der Waals surface area (Å²) in [5.41, 5.74) is -4.24. The van der Waals surface area contributed by atoms with Gasteiger partial charge in [-0.3, -0.25) is 0 Å². The summed E-state index contributed by atoms with van der Waals surface area (Å²) in [6.07, 6.45) is -6.32. The Balaban J connectivity index is 0.000000316. The molecule has 0 bridgehead atoms. The highest BCUT2D eigenvalue weighted by molar-refractivity contribution is 5.89. The van der Waals surface area contributed by atoms with Crippen molar-refractivity contribution in [1.29, 1.82) is 0 Å². The largest absolute Gasteiger partial charge is 0.477 e. The maximum Gasteiger partial charge on any atom is 0.397 e. The van der Waals surface area contributed by atoms with Crippen molar-refractivity contribution in [3.8, 4) is 11.8 Å². The topological polar surface area (TPSA) is 113 Å². The lowest BCUT2D eigenvalue weighted by molar-refractivity contribution is -0.220. The van der Waals surface area contributed by atoms with Crippen LogP contribution < -0.4 is 9.47 Å². The monoisotopic (exact) mass is 460 g/mol. The number of nitrogens with zero attached hydrogens (tertiary/aromatic N) is 2. The number of carboxylic acid groups (broad SMARTS) is 1. The molecule has 3 N–H and O–H groups in total. The minimum Gasteiger partial charge on any atom is -0.477 e. The van der Waals surface area contributed by atoms with Crippen LogP contribution in [0.5, 0.6) is 11.8 Å². The molecule has 0 fully saturated rings. The quantitative estimate of drug-likeness (QED) is 0.526. The average molecular weight is 460 g/mol. The van der Waals surface area contributed by atoms with E-state index in [1.807, 2.05) is 0 Å². The molecule has 0 aliphatic heterocycles. The fourth-order valence-corrected chi connectivity index (χ4v) is 1.53. The number of carboxylic acids is 1. The highest BCUT2D eigenvalue weighted by Gasteiger charge is 2.48. The summed E-state index contributed by atoms with van der Waals surface area (Å²) in [5.74, 6) is -1.37. The van der Waals surface area contributed by atoms with E-state index in [1.54, 1.807) is 0 Å². The number of H-pyrrole nitrogens is 2. The van der Waals surface area contributed by atoms with Gasteiger partial charge in [0.25, 0.3) is 0 Å². The van der Waals surface area contributed by atoms with Crippen molar-refractivity contribution in [2.24, 2.45) is 10.8 Å². The Labute approximate surface area is 172 Å². The second-order valence-corrected chi connectivity index (χ2v) is 7.68. The molecular formula is C17H22F6N4O4. The fourth-order valence-electron chi connectivity index (χ4n) is 1.53. The number of hydrogen-bond donors (Lipinski definition) is 3. The number of hydrogen-bond acceptors (Lipinski definition) is 5. The zero-order valence-corrected chi connectivity index (χ0v) is 17.0. The molecular weight excluding hydrogens is 438 g/mol. The minimum atomic E-state index is -4.43. The van der Waals surface area contributed by atoms with Crippen molar-refractivity contribution in [2.45, 2.75) is 40.0 Å². The smallest absolute Gasteiger partial charge is 0.397 e. The summed E-state index contributed by atoms with van der Waals surface area (Å²) >= 11 is 0. The molecule has 0 unspecified atom stereocenters. The Morgan fingerprint density at radius 1 is 0.935 bits per heavy atom. The molecule has 0 atom stereocenters. The second kappa shape index (κ2) is 9.47. The van der Waals surface area contributed by atoms with Gasteiger partial charge in [-0.1, -0.05) is 0 Å². The van der Waals surface area contributed by atoms with E-state index in [1.165, 1.54) is 12.3 Å². The summed E-state index contributed by atoms with van der Waals surface area (Å²) in [7, 11) is 0. The normalized spacial score (nSPS) is 12.7. The third kappa shape index (κ3) is 7.36. The van der Waals surface area contributed by atoms with Gasteiger partial charge in [0.15, 0.2) is 0 Å². The Hall–Kier alpha value is -2.93. The van der Waals surface area contributed by atoms with Crippen molar-refractivity contribution in [1.82, 2.24) is 20.4 Å². The van der Waals surface area contributed by atoms with Crippen LogP contribution in [0.4, 0.5) is 26.3 Å². The highest BCUT2D eigenvalue weighted by Crippen LogP contribution is 2.38. The number of aromatic carboxylic acids is 1. The van der Waals surface area contributed by atoms with Crippen LogP contribution in [0.25, 0.3) is 0 Å². The van der Waals surface area contributed by atoms with Gasteiger partial charge in [0.1, 0.15) is 18.8 Å². The third-order valence-electron chi connectivity index (χ3n) is 4.01. The Morgan fingerprint density at radius 2 is 1.45 bits per heavy atom. The van der Waals surface area contributed by atoms with Crippen LogP contribution in [0.2, 0.25) is 0 Å². The van der Waals surface area contributed by atoms with E-state index in [0.717, 1.165) is 33.9 Å². The molecule has 0 saturated carbocycles. The maximum absolute atomic E-state index is 12.5. The number of aromatic amines is 2. The summed E-state index contributed by atoms with van der Waals surface area (Å²) < 4.78 is 84.3. The molecule has 2 aromatic heterocycles. The maximum atomic E-state index is 12.5. The van der Waals surface area contributed by atoms with Crippen LogP contribution in [0.1, 0.15) is 38.1 Å². The van der Waals surface area contributed by atoms with Gasteiger partial charge in [0, 0.05) is 6.07 Å². The number of aromatic nitrogens is 4. The predicted molar refractivity (Wildman–Crippen MR) is 94.8 cm³/mol. The summed E-state index contributed by atoms with van der Waals surface area (Å²) in [4.78, 5) is 10.6. The number of nitrogens with one attached hydrogen (secondary N) is 2. The lowest BCUT2D eigenvalue weighted by Gasteiger charge is -2.27. The van der Waals surface area contributed by atoms with Crippen molar-refractivity contribution in [2.75, 3.05) is 13.2 Å². The second-order valence-electron chi connectivity index (χ2n) is 7.68. The number of rotatable bonds is 7. The van der Waals surface area contributed by atoms with Crippen molar-refractivity contribution < 1.29 is 45.7 Å². The Kier molecular flexibility index (Phi) is 7.98. The van der Waals surface area contributed by atoms with Gasteiger partial charge in [-0.05, 0) is 27.7 Å². The molecule has 31 heavy (non-hydrogen) atoms. The molecule has 176 valence electrons. The van der Waals surface area contributed by atoms with Crippen molar-refractivity contribution in [3.05, 3.63) is 24.0 Å². The van der Waals surface area contributed by atoms with Gasteiger partial charge < -0.3 is 14.6 Å². The van der Waals surface area contributed by atoms with E-state index in [0.29, 0.717) is 0 Å². The minimum absolute atomic E-state index is 0.238. The lowest BCUT2D eigenvalue weighted by atomic mass is 9.94. The van der Waals surface area contributed by atoms with Gasteiger partial charge in [-0.25, -0.2) is 15.0 Å². The molecule has 0 spiro atoms. The van der Waals surface area contributed by atoms with E-state index in [9.17, 15) is 31.1 Å². The molecule has 0 aromatic carbocycles. The lowest BCUT2D eigenvalue weighted by Crippen LogP contribution is -2.37. The van der Waals surface area contributed by atoms with Crippen LogP contribution in [0.15, 0.2) is 18.5 Å². The summed E-state index contributed by atoms with van der Waals surface area (Å²) in [6.45, 7) is 2.97. The molecule has 0 amide bonds. The molecule has 14 heteroatoms. The Morgan fingerprint density at radius 3 is 1.87 bits per heavy atom. The molecule has 0 saturated heterocycles. The number of alkyl halides is 6. The van der Waals surface area contributed by atoms with Gasteiger partial charge in [-0.15, -0.1) is 0 Å². The first kappa shape index (κ1) is 26.1. The third-order valence-corrected chi connectivity index (χ3v) is 4.01. The molecule has 0 radical (unpaired) electrons. The molecule has 0 aliphatic carbocycles. The molecule has 8 nitrogen and oxygen atoms in total. The van der Waals surface area contributed by atoms with Gasteiger partial charge in [0.05, 0.1) is 23.2 Å². The van der Waals surface area contributed by atoms with Crippen LogP contribution in [0.3, 0.4) is 0 Å². The fraction of sp³-hybridized carbons (Fsp3) is 0.588. The van der Waals surface area contributed by atoms with E-state index >= 15 is 0 Å². The summed E-state index contributed by atoms with van der Waals surface area (Å²) in [5, 5.41) is 20.2. The predicted octanol–water partition coefficient (Wildman–Crippen LogP) is 4.45. The standard InChI is InChI=1S/C9H11F3N2O3.C8H11F3N2O/c1-8(2,9(10,11)12)4-17-6-5(7(15)16)3-13-14-6;1-7(2,8(9,10)11)5-14-6-3-4-12-13-6/h3H,4H2,1-2H3,(H,13,14)(H,15,16);3-4H,5H2,1-2H3,(H,12,13). The number of ether oxygens (including phenoxy) is 2. The zero-order chi connectivity index (χ0) is 24.1. The molecule has 0 aliphatic rings. The average Bonchev–Trinajstić information content (AvgIpc) is 3.28.